The third-order valence-electron chi connectivity index (χ3n) is 7.17. The molecule has 0 unspecified atom stereocenters. The van der Waals surface area contributed by atoms with E-state index < -0.39 is 18.0 Å². The van der Waals surface area contributed by atoms with Crippen LogP contribution < -0.4 is 31.7 Å². The fourth-order valence-corrected chi connectivity index (χ4v) is 4.74. The second-order valence-electron chi connectivity index (χ2n) is 10.7. The maximum atomic E-state index is 12.5. The molecular formula is C32H45ClN6O9. The summed E-state index contributed by atoms with van der Waals surface area (Å²) in [5.74, 6) is -0.769. The molecule has 2 aromatic carbocycles. The van der Waals surface area contributed by atoms with Gasteiger partial charge in [-0.05, 0) is 24.5 Å². The van der Waals surface area contributed by atoms with Crippen molar-refractivity contribution in [1.82, 2.24) is 26.2 Å². The molecule has 16 heteroatoms. The number of hydrogen-bond acceptors (Lipinski definition) is 11. The average molecular weight is 693 g/mol. The van der Waals surface area contributed by atoms with Gasteiger partial charge < -0.3 is 50.7 Å². The third kappa shape index (κ3) is 14.6. The van der Waals surface area contributed by atoms with Gasteiger partial charge in [0, 0.05) is 44.8 Å². The van der Waals surface area contributed by atoms with E-state index in [1.165, 1.54) is 19.2 Å². The molecule has 6 N–H and O–H groups in total. The molecule has 0 aromatic heterocycles. The highest BCUT2D eigenvalue weighted by Crippen LogP contribution is 2.29. The third-order valence-corrected chi connectivity index (χ3v) is 7.50. The number of piperidine rings is 1. The monoisotopic (exact) mass is 692 g/mol. The van der Waals surface area contributed by atoms with E-state index in [4.69, 9.17) is 41.0 Å². The lowest BCUT2D eigenvalue weighted by Gasteiger charge is -2.32. The first-order valence-corrected chi connectivity index (χ1v) is 16.1. The van der Waals surface area contributed by atoms with Crippen LogP contribution in [0.25, 0.3) is 0 Å². The normalized spacial score (nSPS) is 13.3. The predicted octanol–water partition coefficient (Wildman–Crippen LogP) is 1.93. The molecule has 48 heavy (non-hydrogen) atoms. The molecule has 1 aliphatic heterocycles. The zero-order valence-corrected chi connectivity index (χ0v) is 27.9. The summed E-state index contributed by atoms with van der Waals surface area (Å²) in [5.41, 5.74) is 7.16. The van der Waals surface area contributed by atoms with Crippen LogP contribution in [-0.2, 0) is 30.3 Å². The van der Waals surface area contributed by atoms with E-state index in [-0.39, 0.29) is 55.6 Å². The minimum atomic E-state index is -0.537. The van der Waals surface area contributed by atoms with Gasteiger partial charge in [0.2, 0.25) is 0 Å². The Balaban J connectivity index is 1.11. The van der Waals surface area contributed by atoms with Crippen LogP contribution in [0.5, 0.6) is 5.75 Å². The van der Waals surface area contributed by atoms with Gasteiger partial charge in [-0.1, -0.05) is 41.9 Å². The number of benzene rings is 2. The van der Waals surface area contributed by atoms with Crippen LogP contribution in [-0.4, -0.2) is 114 Å². The summed E-state index contributed by atoms with van der Waals surface area (Å²) >= 11 is 6.03. The van der Waals surface area contributed by atoms with E-state index in [1.807, 2.05) is 30.3 Å². The Labute approximate surface area is 285 Å². The van der Waals surface area contributed by atoms with E-state index in [2.05, 4.69) is 26.2 Å². The minimum absolute atomic E-state index is 0.0449. The summed E-state index contributed by atoms with van der Waals surface area (Å²) in [6.07, 6.45) is 1.54. The Kier molecular flexibility index (Phi) is 17.1. The molecule has 264 valence electrons. The van der Waals surface area contributed by atoms with Crippen LogP contribution in [0.3, 0.4) is 0 Å². The number of carbonyl (C=O) groups is 4. The van der Waals surface area contributed by atoms with Crippen molar-refractivity contribution in [3.63, 3.8) is 0 Å². The number of ether oxygens (including phenoxy) is 5. The molecule has 1 saturated heterocycles. The van der Waals surface area contributed by atoms with Gasteiger partial charge in [0.25, 0.3) is 0 Å². The quantitative estimate of drug-likeness (QED) is 0.0821. The first kappa shape index (κ1) is 38.1. The van der Waals surface area contributed by atoms with E-state index in [0.717, 1.165) is 31.5 Å². The highest BCUT2D eigenvalue weighted by Gasteiger charge is 2.22. The molecule has 0 radical (unpaired) electrons. The molecule has 1 heterocycles. The number of nitrogens with zero attached hydrogens (tertiary/aromatic N) is 1. The fraction of sp³-hybridized carbons (Fsp3) is 0.500. The van der Waals surface area contributed by atoms with Crippen molar-refractivity contribution in [3.05, 3.63) is 58.6 Å². The van der Waals surface area contributed by atoms with Crippen LogP contribution in [0.15, 0.2) is 42.5 Å². The number of hydrogen-bond donors (Lipinski definition) is 5. The highest BCUT2D eigenvalue weighted by atomic mass is 35.5. The molecule has 15 nitrogen and oxygen atoms in total. The molecule has 0 spiro atoms. The number of likely N-dealkylation sites (tertiary alicyclic amines) is 1. The smallest absolute Gasteiger partial charge is 0.342 e. The number of esters is 2. The van der Waals surface area contributed by atoms with E-state index in [1.54, 1.807) is 0 Å². The van der Waals surface area contributed by atoms with Crippen molar-refractivity contribution in [3.8, 4) is 5.75 Å². The SMILES string of the molecule is COc1cc(N)c(Cl)cc1C(=O)OCCN1CCC(NC(=O)NCCOCCOCCNC(=O)NCC(=O)OCc2ccccc2)CC1. The molecule has 0 aliphatic carbocycles. The summed E-state index contributed by atoms with van der Waals surface area (Å²) in [7, 11) is 1.44. The van der Waals surface area contributed by atoms with Gasteiger partial charge in [-0.25, -0.2) is 14.4 Å². The maximum absolute atomic E-state index is 12.5. The van der Waals surface area contributed by atoms with Crippen molar-refractivity contribution in [1.29, 1.82) is 0 Å². The number of urea groups is 2. The van der Waals surface area contributed by atoms with Gasteiger partial charge in [-0.2, -0.15) is 0 Å². The summed E-state index contributed by atoms with van der Waals surface area (Å²) in [6, 6.07) is 11.5. The summed E-state index contributed by atoms with van der Waals surface area (Å²) in [5, 5.41) is 11.0. The number of amides is 4. The summed E-state index contributed by atoms with van der Waals surface area (Å²) in [6.45, 7) is 4.04. The number of methoxy groups -OCH3 is 1. The number of anilines is 1. The number of rotatable bonds is 19. The summed E-state index contributed by atoms with van der Waals surface area (Å²) < 4.78 is 26.6. The Morgan fingerprint density at radius 3 is 2.21 bits per heavy atom. The van der Waals surface area contributed by atoms with Gasteiger partial charge in [-0.15, -0.1) is 0 Å². The number of halogens is 1. The zero-order valence-electron chi connectivity index (χ0n) is 27.1. The molecule has 1 aliphatic rings. The van der Waals surface area contributed by atoms with Crippen LogP contribution in [0.2, 0.25) is 5.02 Å². The Morgan fingerprint density at radius 2 is 1.54 bits per heavy atom. The minimum Gasteiger partial charge on any atom is -0.496 e. The molecule has 0 bridgehead atoms. The van der Waals surface area contributed by atoms with E-state index in [9.17, 15) is 19.2 Å². The second kappa shape index (κ2) is 21.5. The maximum Gasteiger partial charge on any atom is 0.342 e. The molecule has 1 fully saturated rings. The average Bonchev–Trinajstić information content (AvgIpc) is 3.09. The van der Waals surface area contributed by atoms with Crippen molar-refractivity contribution in [2.75, 3.05) is 85.1 Å². The zero-order chi connectivity index (χ0) is 34.6. The van der Waals surface area contributed by atoms with Gasteiger partial charge >= 0.3 is 24.0 Å². The number of nitrogens with two attached hydrogens (primary N) is 1. The first-order valence-electron chi connectivity index (χ1n) is 15.7. The van der Waals surface area contributed by atoms with Crippen LogP contribution >= 0.6 is 11.6 Å². The lowest BCUT2D eigenvalue weighted by atomic mass is 10.1. The van der Waals surface area contributed by atoms with Crippen molar-refractivity contribution < 1.29 is 42.9 Å². The van der Waals surface area contributed by atoms with Crippen molar-refractivity contribution in [2.45, 2.75) is 25.5 Å². The van der Waals surface area contributed by atoms with Crippen LogP contribution in [0.4, 0.5) is 15.3 Å². The first-order chi connectivity index (χ1) is 23.2. The topological polar surface area (TPSA) is 192 Å². The van der Waals surface area contributed by atoms with Crippen LogP contribution in [0.1, 0.15) is 28.8 Å². The predicted molar refractivity (Wildman–Crippen MR) is 178 cm³/mol. The number of carbonyl (C=O) groups excluding carboxylic acids is 4. The standard InChI is InChI=1S/C32H45ClN6O9/c1-44-28-20-27(34)26(33)19-25(28)30(41)47-16-13-39-11-7-24(8-12-39)38-32(43)36-10-15-46-18-17-45-14-9-35-31(42)37-21-29(40)48-22-23-5-3-2-4-6-23/h2-6,19-20,24H,7-18,21-22,34H2,1H3,(H2,35,37,42)(H2,36,38,43). The van der Waals surface area contributed by atoms with Gasteiger partial charge in [-0.3, -0.25) is 9.69 Å². The van der Waals surface area contributed by atoms with Gasteiger partial charge in [0.05, 0.1) is 44.2 Å². The lowest BCUT2D eigenvalue weighted by Crippen LogP contribution is -2.48. The largest absolute Gasteiger partial charge is 0.496 e. The summed E-state index contributed by atoms with van der Waals surface area (Å²) in [4.78, 5) is 50.4. The number of nitrogen functional groups attached to an aromatic ring is 1. The van der Waals surface area contributed by atoms with Gasteiger partial charge in [0.1, 0.15) is 31.1 Å². The van der Waals surface area contributed by atoms with Crippen molar-refractivity contribution in [2.24, 2.45) is 0 Å². The van der Waals surface area contributed by atoms with Gasteiger partial charge in [0.15, 0.2) is 0 Å². The second-order valence-corrected chi connectivity index (χ2v) is 11.1. The van der Waals surface area contributed by atoms with Crippen molar-refractivity contribution >= 4 is 41.3 Å². The molecule has 4 amide bonds. The molecule has 3 rings (SSSR count). The van der Waals surface area contributed by atoms with E-state index in [0.29, 0.717) is 44.3 Å². The molecule has 2 aromatic rings. The Bertz CT molecular complexity index is 1310. The van der Waals surface area contributed by atoms with Crippen LogP contribution in [0, 0.1) is 0 Å². The van der Waals surface area contributed by atoms with E-state index >= 15 is 0 Å². The fourth-order valence-electron chi connectivity index (χ4n) is 4.58. The Hall–Kier alpha value is -4.31. The Morgan fingerprint density at radius 1 is 0.875 bits per heavy atom. The number of nitrogens with one attached hydrogen (secondary N) is 4. The molecule has 0 atom stereocenters. The lowest BCUT2D eigenvalue weighted by molar-refractivity contribution is -0.143. The molecule has 0 saturated carbocycles. The highest BCUT2D eigenvalue weighted by molar-refractivity contribution is 6.33. The molecular weight excluding hydrogens is 648 g/mol.